The van der Waals surface area contributed by atoms with Gasteiger partial charge in [0.05, 0.1) is 0 Å². The van der Waals surface area contributed by atoms with E-state index in [4.69, 9.17) is 9.84 Å². The molecule has 3 N–H and O–H groups in total. The molecule has 0 bridgehead atoms. The maximum absolute atomic E-state index is 11.7. The molecule has 0 aliphatic carbocycles. The number of ether oxygens (including phenoxy) is 1. The van der Waals surface area contributed by atoms with Gasteiger partial charge in [0, 0.05) is 18.7 Å². The zero-order chi connectivity index (χ0) is 17.1. The van der Waals surface area contributed by atoms with Crippen LogP contribution in [0.15, 0.2) is 24.3 Å². The molecule has 0 fully saturated rings. The first-order valence-electron chi connectivity index (χ1n) is 8.25. The molecule has 0 unspecified atom stereocenters. The van der Waals surface area contributed by atoms with Gasteiger partial charge >= 0.3 is 0 Å². The highest BCUT2D eigenvalue weighted by atomic mass is 35.5. The molecule has 0 saturated carbocycles. The number of hydrogen-bond acceptors (Lipinski definition) is 4. The number of aliphatic hydroxyl groups excluding tert-OH is 1. The van der Waals surface area contributed by atoms with Crippen molar-refractivity contribution in [1.29, 1.82) is 0 Å². The Balaban J connectivity index is 0.00000529. The van der Waals surface area contributed by atoms with Crippen molar-refractivity contribution in [3.63, 3.8) is 0 Å². The van der Waals surface area contributed by atoms with Gasteiger partial charge in [0.2, 0.25) is 0 Å². The lowest BCUT2D eigenvalue weighted by Crippen LogP contribution is -2.43. The van der Waals surface area contributed by atoms with Gasteiger partial charge in [-0.2, -0.15) is 0 Å². The minimum Gasteiger partial charge on any atom is -0.484 e. The number of nitrogens with one attached hydrogen (secondary N) is 2. The minimum atomic E-state index is -0.243. The number of carbonyl (C=O) groups is 1. The lowest BCUT2D eigenvalue weighted by atomic mass is 10.1. The van der Waals surface area contributed by atoms with Crippen molar-refractivity contribution in [2.45, 2.75) is 52.1 Å². The van der Waals surface area contributed by atoms with Gasteiger partial charge in [-0.15, -0.1) is 12.4 Å². The molecule has 0 aromatic heterocycles. The van der Waals surface area contributed by atoms with Crippen molar-refractivity contribution in [2.24, 2.45) is 0 Å². The standard InChI is InChI=1S/C18H30N2O3.ClH/c1-18(2,3)20-17(22)14-23-16-9-7-15(8-10-16)13-19-11-5-4-6-12-21;/h7-10,19,21H,4-6,11-14H2,1-3H3,(H,20,22);1H. The normalized spacial score (nSPS) is 10.8. The Morgan fingerprint density at radius 2 is 1.79 bits per heavy atom. The number of halogens is 1. The van der Waals surface area contributed by atoms with Gasteiger partial charge < -0.3 is 20.5 Å². The van der Waals surface area contributed by atoms with Gasteiger partial charge in [0.15, 0.2) is 6.61 Å². The van der Waals surface area contributed by atoms with Crippen molar-refractivity contribution in [3.05, 3.63) is 29.8 Å². The van der Waals surface area contributed by atoms with E-state index in [-0.39, 0.29) is 37.1 Å². The fourth-order valence-electron chi connectivity index (χ4n) is 2.08. The van der Waals surface area contributed by atoms with Crippen molar-refractivity contribution in [1.82, 2.24) is 10.6 Å². The molecule has 6 heteroatoms. The number of carbonyl (C=O) groups excluding carboxylic acids is 1. The van der Waals surface area contributed by atoms with Crippen LogP contribution in [0.25, 0.3) is 0 Å². The summed E-state index contributed by atoms with van der Waals surface area (Å²) in [6.45, 7) is 7.88. The highest BCUT2D eigenvalue weighted by molar-refractivity contribution is 5.85. The van der Waals surface area contributed by atoms with Gasteiger partial charge in [-0.05, 0) is 64.3 Å². The molecule has 1 aromatic rings. The number of amides is 1. The molecule has 0 radical (unpaired) electrons. The average Bonchev–Trinajstić information content (AvgIpc) is 2.48. The van der Waals surface area contributed by atoms with E-state index in [1.807, 2.05) is 45.0 Å². The summed E-state index contributed by atoms with van der Waals surface area (Å²) < 4.78 is 5.48. The zero-order valence-electron chi connectivity index (χ0n) is 14.9. The summed E-state index contributed by atoms with van der Waals surface area (Å²) in [5.74, 6) is 0.576. The molecule has 1 aromatic carbocycles. The van der Waals surface area contributed by atoms with E-state index in [0.29, 0.717) is 5.75 Å². The van der Waals surface area contributed by atoms with E-state index >= 15 is 0 Å². The predicted octanol–water partition coefficient (Wildman–Crippen LogP) is 2.65. The fraction of sp³-hybridized carbons (Fsp3) is 0.611. The first-order valence-corrected chi connectivity index (χ1v) is 8.25. The van der Waals surface area contributed by atoms with E-state index in [1.54, 1.807) is 0 Å². The number of benzene rings is 1. The molecular formula is C18H31ClN2O3. The number of unbranched alkanes of at least 4 members (excludes halogenated alkanes) is 2. The Kier molecular flexibility index (Phi) is 11.5. The zero-order valence-corrected chi connectivity index (χ0v) is 15.7. The third kappa shape index (κ3) is 11.3. The Hall–Kier alpha value is -1.30. The molecular weight excluding hydrogens is 328 g/mol. The molecule has 24 heavy (non-hydrogen) atoms. The summed E-state index contributed by atoms with van der Waals surface area (Å²) in [5, 5.41) is 14.9. The Labute approximate surface area is 151 Å². The Morgan fingerprint density at radius 1 is 1.12 bits per heavy atom. The molecule has 0 saturated heterocycles. The average molecular weight is 359 g/mol. The van der Waals surface area contributed by atoms with E-state index in [1.165, 1.54) is 5.56 Å². The number of rotatable bonds is 10. The monoisotopic (exact) mass is 358 g/mol. The molecule has 5 nitrogen and oxygen atoms in total. The summed E-state index contributed by atoms with van der Waals surface area (Å²) in [4.78, 5) is 11.7. The van der Waals surface area contributed by atoms with Gasteiger partial charge in [-0.3, -0.25) is 4.79 Å². The Bertz CT molecular complexity index is 458. The largest absolute Gasteiger partial charge is 0.484 e. The number of aliphatic hydroxyl groups is 1. The van der Waals surface area contributed by atoms with Crippen molar-refractivity contribution in [3.8, 4) is 5.75 Å². The summed E-state index contributed by atoms with van der Waals surface area (Å²) in [6, 6.07) is 7.76. The molecule has 0 atom stereocenters. The van der Waals surface area contributed by atoms with Gasteiger partial charge in [-0.25, -0.2) is 0 Å². The summed E-state index contributed by atoms with van der Waals surface area (Å²) >= 11 is 0. The van der Waals surface area contributed by atoms with Crippen LogP contribution in [0.1, 0.15) is 45.6 Å². The van der Waals surface area contributed by atoms with E-state index in [9.17, 15) is 4.79 Å². The smallest absolute Gasteiger partial charge is 0.258 e. The molecule has 1 rings (SSSR count). The molecule has 1 amide bonds. The van der Waals surface area contributed by atoms with Gasteiger partial charge in [-0.1, -0.05) is 12.1 Å². The molecule has 0 heterocycles. The van der Waals surface area contributed by atoms with E-state index in [2.05, 4.69) is 10.6 Å². The van der Waals surface area contributed by atoms with E-state index in [0.717, 1.165) is 32.4 Å². The lowest BCUT2D eigenvalue weighted by molar-refractivity contribution is -0.124. The fourth-order valence-corrected chi connectivity index (χ4v) is 2.08. The van der Waals surface area contributed by atoms with Crippen LogP contribution < -0.4 is 15.4 Å². The van der Waals surface area contributed by atoms with Crippen LogP contribution in [-0.4, -0.2) is 36.3 Å². The second-order valence-corrected chi connectivity index (χ2v) is 6.69. The maximum atomic E-state index is 11.7. The molecule has 0 spiro atoms. The van der Waals surface area contributed by atoms with Gasteiger partial charge in [0.25, 0.3) is 5.91 Å². The second kappa shape index (κ2) is 12.1. The lowest BCUT2D eigenvalue weighted by Gasteiger charge is -2.20. The number of hydrogen-bond donors (Lipinski definition) is 3. The highest BCUT2D eigenvalue weighted by Crippen LogP contribution is 2.12. The van der Waals surface area contributed by atoms with Crippen LogP contribution >= 0.6 is 12.4 Å². The molecule has 0 aliphatic heterocycles. The highest BCUT2D eigenvalue weighted by Gasteiger charge is 2.13. The van der Waals surface area contributed by atoms with Crippen LogP contribution in [-0.2, 0) is 11.3 Å². The van der Waals surface area contributed by atoms with Crippen LogP contribution in [0, 0.1) is 0 Å². The van der Waals surface area contributed by atoms with Crippen molar-refractivity contribution in [2.75, 3.05) is 19.8 Å². The van der Waals surface area contributed by atoms with Gasteiger partial charge in [0.1, 0.15) is 5.75 Å². The second-order valence-electron chi connectivity index (χ2n) is 6.69. The molecule has 138 valence electrons. The quantitative estimate of drug-likeness (QED) is 0.562. The third-order valence-electron chi connectivity index (χ3n) is 3.15. The first kappa shape index (κ1) is 22.7. The third-order valence-corrected chi connectivity index (χ3v) is 3.15. The van der Waals surface area contributed by atoms with Crippen LogP contribution in [0.3, 0.4) is 0 Å². The topological polar surface area (TPSA) is 70.6 Å². The first-order chi connectivity index (χ1) is 10.9. The van der Waals surface area contributed by atoms with Crippen molar-refractivity contribution >= 4 is 18.3 Å². The SMILES string of the molecule is CC(C)(C)NC(=O)COc1ccc(CNCCCCCO)cc1.Cl. The summed E-state index contributed by atoms with van der Waals surface area (Å²) in [5.41, 5.74) is 0.936. The maximum Gasteiger partial charge on any atom is 0.258 e. The van der Waals surface area contributed by atoms with Crippen LogP contribution in [0.5, 0.6) is 5.75 Å². The Morgan fingerprint density at radius 3 is 2.38 bits per heavy atom. The molecule has 0 aliphatic rings. The van der Waals surface area contributed by atoms with E-state index < -0.39 is 0 Å². The van der Waals surface area contributed by atoms with Crippen LogP contribution in [0.4, 0.5) is 0 Å². The summed E-state index contributed by atoms with van der Waals surface area (Å²) in [6.07, 6.45) is 2.99. The predicted molar refractivity (Wildman–Crippen MR) is 99.7 cm³/mol. The summed E-state index contributed by atoms with van der Waals surface area (Å²) in [7, 11) is 0. The minimum absolute atomic E-state index is 0. The van der Waals surface area contributed by atoms with Crippen LogP contribution in [0.2, 0.25) is 0 Å². The van der Waals surface area contributed by atoms with Crippen molar-refractivity contribution < 1.29 is 14.6 Å².